The van der Waals surface area contributed by atoms with Gasteiger partial charge in [-0.1, -0.05) is 18.2 Å². The van der Waals surface area contributed by atoms with E-state index in [1.54, 1.807) is 0 Å². The molecule has 29 heavy (non-hydrogen) atoms. The van der Waals surface area contributed by atoms with Crippen LogP contribution in [0.15, 0.2) is 18.2 Å². The number of fused-ring (bicyclic) bond motifs is 1. The van der Waals surface area contributed by atoms with Gasteiger partial charge in [-0.15, -0.1) is 0 Å². The maximum Gasteiger partial charge on any atom is 0.189 e. The van der Waals surface area contributed by atoms with Crippen LogP contribution < -0.4 is 10.6 Å². The molecule has 3 fully saturated rings. The van der Waals surface area contributed by atoms with Crippen LogP contribution in [-0.2, 0) is 23.7 Å². The van der Waals surface area contributed by atoms with Gasteiger partial charge in [0.1, 0.15) is 18.3 Å². The molecule has 4 rings (SSSR count). The summed E-state index contributed by atoms with van der Waals surface area (Å²) in [5, 5.41) is 7.24. The summed E-state index contributed by atoms with van der Waals surface area (Å²) in [7, 11) is 0. The molecule has 0 aliphatic carbocycles. The summed E-state index contributed by atoms with van der Waals surface area (Å²) in [6.07, 6.45) is -1.35. The molecule has 1 aromatic rings. The molecule has 3 saturated heterocycles. The Morgan fingerprint density at radius 2 is 1.69 bits per heavy atom. The van der Waals surface area contributed by atoms with Crippen molar-refractivity contribution < 1.29 is 23.7 Å². The lowest BCUT2D eigenvalue weighted by molar-refractivity contribution is -0.223. The van der Waals surface area contributed by atoms with E-state index in [0.717, 1.165) is 16.8 Å². The maximum absolute atomic E-state index is 6.21. The number of aryl methyl sites for hydroxylation is 2. The highest BCUT2D eigenvalue weighted by Crippen LogP contribution is 2.40. The van der Waals surface area contributed by atoms with Crippen molar-refractivity contribution >= 4 is 23.0 Å². The van der Waals surface area contributed by atoms with E-state index < -0.39 is 17.9 Å². The van der Waals surface area contributed by atoms with Gasteiger partial charge in [0.05, 0.1) is 12.6 Å². The van der Waals surface area contributed by atoms with Crippen molar-refractivity contribution in [2.75, 3.05) is 11.9 Å². The predicted molar refractivity (Wildman–Crippen MR) is 113 cm³/mol. The van der Waals surface area contributed by atoms with Gasteiger partial charge in [0.25, 0.3) is 0 Å². The summed E-state index contributed by atoms with van der Waals surface area (Å²) in [5.74, 6) is -1.36. The van der Waals surface area contributed by atoms with E-state index in [1.807, 2.05) is 33.8 Å². The van der Waals surface area contributed by atoms with Gasteiger partial charge in [-0.05, 0) is 64.9 Å². The number of nitrogens with one attached hydrogen (secondary N) is 2. The zero-order chi connectivity index (χ0) is 21.0. The summed E-state index contributed by atoms with van der Waals surface area (Å²) in [6, 6.07) is 5.89. The summed E-state index contributed by atoms with van der Waals surface area (Å²) in [5.41, 5.74) is 3.26. The molecule has 0 amide bonds. The highest BCUT2D eigenvalue weighted by Gasteiger charge is 2.58. The van der Waals surface area contributed by atoms with Crippen molar-refractivity contribution in [3.63, 3.8) is 0 Å². The molecule has 0 aromatic heterocycles. The lowest BCUT2D eigenvalue weighted by Gasteiger charge is -2.30. The molecule has 3 aliphatic heterocycles. The Bertz CT molecular complexity index is 779. The Kier molecular flexibility index (Phi) is 5.38. The Morgan fingerprint density at radius 1 is 1.00 bits per heavy atom. The Balaban J connectivity index is 1.52. The first kappa shape index (κ1) is 21.0. The van der Waals surface area contributed by atoms with Crippen molar-refractivity contribution in [3.8, 4) is 0 Å². The molecule has 0 unspecified atom stereocenters. The number of ether oxygens (including phenoxy) is 5. The lowest BCUT2D eigenvalue weighted by Crippen LogP contribution is -2.53. The minimum Gasteiger partial charge on any atom is -0.354 e. The fourth-order valence-electron chi connectivity index (χ4n) is 4.21. The van der Waals surface area contributed by atoms with Crippen LogP contribution in [-0.4, -0.2) is 53.9 Å². The topological polar surface area (TPSA) is 70.2 Å². The molecule has 1 aromatic carbocycles. The SMILES string of the molecule is Cc1cccc(C)c1NC(=S)N[C@@H]1[C@H]2OC(C)(C)O[C@H]2O[C@@H]1[C@H]1COC(C)(C)O1. The second-order valence-electron chi connectivity index (χ2n) is 8.83. The average molecular weight is 423 g/mol. The van der Waals surface area contributed by atoms with Crippen LogP contribution in [0.1, 0.15) is 38.8 Å². The summed E-state index contributed by atoms with van der Waals surface area (Å²) >= 11 is 5.64. The molecule has 5 atom stereocenters. The van der Waals surface area contributed by atoms with Crippen LogP contribution in [0.3, 0.4) is 0 Å². The third-order valence-corrected chi connectivity index (χ3v) is 5.72. The maximum atomic E-state index is 6.21. The number of anilines is 1. The van der Waals surface area contributed by atoms with E-state index in [2.05, 4.69) is 36.6 Å². The van der Waals surface area contributed by atoms with Gasteiger partial charge in [-0.25, -0.2) is 0 Å². The molecule has 0 spiro atoms. The van der Waals surface area contributed by atoms with Crippen molar-refractivity contribution in [1.82, 2.24) is 5.32 Å². The van der Waals surface area contributed by atoms with Gasteiger partial charge < -0.3 is 34.3 Å². The molecule has 2 N–H and O–H groups in total. The molecule has 160 valence electrons. The van der Waals surface area contributed by atoms with Crippen molar-refractivity contribution in [2.45, 2.75) is 83.8 Å². The smallest absolute Gasteiger partial charge is 0.189 e. The number of thiocarbonyl (C=S) groups is 1. The molecule has 0 bridgehead atoms. The molecule has 3 aliphatic rings. The van der Waals surface area contributed by atoms with Crippen LogP contribution >= 0.6 is 12.2 Å². The molecule has 0 radical (unpaired) electrons. The molecule has 7 nitrogen and oxygen atoms in total. The first-order valence-electron chi connectivity index (χ1n) is 10.0. The zero-order valence-electron chi connectivity index (χ0n) is 17.8. The minimum absolute atomic E-state index is 0.242. The summed E-state index contributed by atoms with van der Waals surface area (Å²) in [6.45, 7) is 12.1. The first-order chi connectivity index (χ1) is 13.5. The van der Waals surface area contributed by atoms with Gasteiger partial charge in [0.2, 0.25) is 0 Å². The monoisotopic (exact) mass is 422 g/mol. The fourth-order valence-corrected chi connectivity index (χ4v) is 4.44. The Morgan fingerprint density at radius 3 is 2.31 bits per heavy atom. The van der Waals surface area contributed by atoms with Crippen LogP contribution in [0, 0.1) is 13.8 Å². The number of para-hydroxylation sites is 1. The van der Waals surface area contributed by atoms with Crippen LogP contribution in [0.25, 0.3) is 0 Å². The van der Waals surface area contributed by atoms with Crippen LogP contribution in [0.5, 0.6) is 0 Å². The normalized spacial score (nSPS) is 34.8. The Hall–Kier alpha value is -1.29. The molecule has 3 heterocycles. The van der Waals surface area contributed by atoms with E-state index in [0.29, 0.717) is 11.7 Å². The lowest BCUT2D eigenvalue weighted by atomic mass is 10.0. The standard InChI is InChI=1S/C21H30N2O5S/c1-11-8-7-9-12(2)14(11)22-19(29)23-15-16(13-10-24-20(3,4)26-13)25-18-17(15)27-21(5,6)28-18/h7-9,13,15-18H,10H2,1-6H3,(H2,22,23,29)/t13-,15+,16-,17-,18-/m1/s1. The highest BCUT2D eigenvalue weighted by molar-refractivity contribution is 7.80. The molecular formula is C21H30N2O5S. The summed E-state index contributed by atoms with van der Waals surface area (Å²) < 4.78 is 30.1. The minimum atomic E-state index is -0.714. The molecule has 8 heteroatoms. The van der Waals surface area contributed by atoms with Gasteiger partial charge >= 0.3 is 0 Å². The fraction of sp³-hybridized carbons (Fsp3) is 0.667. The number of benzene rings is 1. The second kappa shape index (κ2) is 7.44. The van der Waals surface area contributed by atoms with E-state index >= 15 is 0 Å². The highest BCUT2D eigenvalue weighted by atomic mass is 32.1. The molecular weight excluding hydrogens is 392 g/mol. The van der Waals surface area contributed by atoms with E-state index in [1.165, 1.54) is 0 Å². The van der Waals surface area contributed by atoms with Crippen LogP contribution in [0.2, 0.25) is 0 Å². The number of rotatable bonds is 3. The van der Waals surface area contributed by atoms with Crippen LogP contribution in [0.4, 0.5) is 5.69 Å². The number of hydrogen-bond acceptors (Lipinski definition) is 6. The summed E-state index contributed by atoms with van der Waals surface area (Å²) in [4.78, 5) is 0. The molecule has 0 saturated carbocycles. The first-order valence-corrected chi connectivity index (χ1v) is 10.4. The largest absolute Gasteiger partial charge is 0.354 e. The van der Waals surface area contributed by atoms with Gasteiger partial charge in [0.15, 0.2) is 23.0 Å². The third-order valence-electron chi connectivity index (χ3n) is 5.50. The van der Waals surface area contributed by atoms with Crippen molar-refractivity contribution in [2.24, 2.45) is 0 Å². The zero-order valence-corrected chi connectivity index (χ0v) is 18.6. The second-order valence-corrected chi connectivity index (χ2v) is 9.24. The third kappa shape index (κ3) is 4.28. The average Bonchev–Trinajstić information content (AvgIpc) is 3.21. The van der Waals surface area contributed by atoms with E-state index in [4.69, 9.17) is 35.9 Å². The van der Waals surface area contributed by atoms with E-state index in [-0.39, 0.29) is 24.4 Å². The van der Waals surface area contributed by atoms with E-state index in [9.17, 15) is 0 Å². The van der Waals surface area contributed by atoms with Gasteiger partial charge in [-0.3, -0.25) is 0 Å². The Labute approximate surface area is 177 Å². The van der Waals surface area contributed by atoms with Crippen molar-refractivity contribution in [3.05, 3.63) is 29.3 Å². The number of hydrogen-bond donors (Lipinski definition) is 2. The van der Waals surface area contributed by atoms with Gasteiger partial charge in [-0.2, -0.15) is 0 Å². The quantitative estimate of drug-likeness (QED) is 0.721. The van der Waals surface area contributed by atoms with Crippen molar-refractivity contribution in [1.29, 1.82) is 0 Å². The predicted octanol–water partition coefficient (Wildman–Crippen LogP) is 2.99. The van der Waals surface area contributed by atoms with Gasteiger partial charge in [0, 0.05) is 5.69 Å².